The highest BCUT2D eigenvalue weighted by atomic mass is 16.5. The zero-order valence-electron chi connectivity index (χ0n) is 19.1. The summed E-state index contributed by atoms with van der Waals surface area (Å²) in [7, 11) is 0. The van der Waals surface area contributed by atoms with Gasteiger partial charge in [0.2, 0.25) is 5.91 Å². The van der Waals surface area contributed by atoms with Crippen molar-refractivity contribution in [2.75, 3.05) is 19.7 Å². The van der Waals surface area contributed by atoms with Gasteiger partial charge in [0.15, 0.2) is 0 Å². The molecule has 0 aliphatic heterocycles. The number of alkyl carbamates (subject to hydrolysis) is 1. The molecule has 0 spiro atoms. The van der Waals surface area contributed by atoms with Crippen LogP contribution in [0.3, 0.4) is 0 Å². The van der Waals surface area contributed by atoms with Crippen LogP contribution in [-0.2, 0) is 14.3 Å². The number of nitrogens with zero attached hydrogens (tertiary/aromatic N) is 1. The maximum absolute atomic E-state index is 12.9. The van der Waals surface area contributed by atoms with Gasteiger partial charge < -0.3 is 20.1 Å². The van der Waals surface area contributed by atoms with Crippen molar-refractivity contribution in [2.24, 2.45) is 11.8 Å². The molecule has 3 aliphatic rings. The summed E-state index contributed by atoms with van der Waals surface area (Å²) in [5.74, 6) is -0.620. The second-order valence-electron chi connectivity index (χ2n) is 9.73. The first-order valence-corrected chi connectivity index (χ1v) is 12.1. The lowest BCUT2D eigenvalue weighted by Gasteiger charge is -2.24. The van der Waals surface area contributed by atoms with Crippen LogP contribution in [0.25, 0.3) is 11.1 Å². The maximum atomic E-state index is 12.9. The van der Waals surface area contributed by atoms with Crippen molar-refractivity contribution < 1.29 is 24.2 Å². The third kappa shape index (κ3) is 5.08. The van der Waals surface area contributed by atoms with E-state index in [2.05, 4.69) is 29.6 Å². The number of carbonyl (C=O) groups is 3. The van der Waals surface area contributed by atoms with Gasteiger partial charge in [-0.15, -0.1) is 0 Å². The van der Waals surface area contributed by atoms with Crippen molar-refractivity contribution in [3.05, 3.63) is 59.7 Å². The Kier molecular flexibility index (Phi) is 6.26. The lowest BCUT2D eigenvalue weighted by molar-refractivity contribution is -0.144. The van der Waals surface area contributed by atoms with Crippen molar-refractivity contribution in [1.82, 2.24) is 10.2 Å². The second-order valence-corrected chi connectivity index (χ2v) is 9.73. The Hall–Kier alpha value is -3.35. The summed E-state index contributed by atoms with van der Waals surface area (Å²) < 4.78 is 5.66. The van der Waals surface area contributed by atoms with Crippen LogP contribution in [0.4, 0.5) is 4.79 Å². The Balaban J connectivity index is 1.20. The summed E-state index contributed by atoms with van der Waals surface area (Å²) in [6.45, 7) is 0.406. The molecule has 2 saturated carbocycles. The third-order valence-corrected chi connectivity index (χ3v) is 7.09. The van der Waals surface area contributed by atoms with E-state index in [4.69, 9.17) is 4.74 Å². The quantitative estimate of drug-likeness (QED) is 0.556. The Labute approximate surface area is 199 Å². The van der Waals surface area contributed by atoms with Crippen molar-refractivity contribution in [1.29, 1.82) is 0 Å². The molecule has 0 aromatic heterocycles. The topological polar surface area (TPSA) is 95.9 Å². The van der Waals surface area contributed by atoms with Crippen LogP contribution in [0.5, 0.6) is 0 Å². The fourth-order valence-corrected chi connectivity index (χ4v) is 4.97. The molecule has 2 N–H and O–H groups in total. The fourth-order valence-electron chi connectivity index (χ4n) is 4.97. The van der Waals surface area contributed by atoms with Gasteiger partial charge in [-0.1, -0.05) is 48.5 Å². The van der Waals surface area contributed by atoms with Gasteiger partial charge in [0.05, 0.1) is 0 Å². The smallest absolute Gasteiger partial charge is 0.407 e. The number of carboxylic acid groups (broad SMARTS) is 1. The molecular formula is C27H30N2O5. The molecule has 1 unspecified atom stereocenters. The number of nitrogens with one attached hydrogen (secondary N) is 1. The van der Waals surface area contributed by atoms with Gasteiger partial charge in [0.25, 0.3) is 0 Å². The molecule has 2 aromatic carbocycles. The van der Waals surface area contributed by atoms with Gasteiger partial charge in [-0.25, -0.2) is 4.79 Å². The standard InChI is InChI=1S/C27H30N2O5/c30-25(29(15-26(31)32)14-17-9-10-17)13-24(18-11-12-18)28-27(33)34-16-23-21-7-3-1-5-19(21)20-6-2-4-8-22(20)23/h1-8,17-18,23-24H,9-16H2,(H,28,33)(H,31,32). The molecule has 2 fully saturated rings. The number of rotatable bonds is 10. The Morgan fingerprint density at radius 1 is 0.971 bits per heavy atom. The van der Waals surface area contributed by atoms with Crippen molar-refractivity contribution >= 4 is 18.0 Å². The SMILES string of the molecule is O=C(O)CN(CC1CC1)C(=O)CC(NC(=O)OCC1c2ccccc2-c2ccccc21)C1CC1. The van der Waals surface area contributed by atoms with Gasteiger partial charge in [0.1, 0.15) is 13.2 Å². The number of ether oxygens (including phenoxy) is 1. The minimum Gasteiger partial charge on any atom is -0.480 e. The first kappa shape index (κ1) is 22.4. The average Bonchev–Trinajstić information content (AvgIpc) is 3.74. The molecule has 0 bridgehead atoms. The monoisotopic (exact) mass is 462 g/mol. The highest BCUT2D eigenvalue weighted by Gasteiger charge is 2.37. The average molecular weight is 463 g/mol. The molecular weight excluding hydrogens is 432 g/mol. The molecule has 3 aliphatic carbocycles. The van der Waals surface area contributed by atoms with Crippen LogP contribution < -0.4 is 5.32 Å². The van der Waals surface area contributed by atoms with Crippen molar-refractivity contribution in [3.8, 4) is 11.1 Å². The molecule has 1 atom stereocenters. The first-order valence-electron chi connectivity index (χ1n) is 12.1. The summed E-state index contributed by atoms with van der Waals surface area (Å²) in [5, 5.41) is 12.1. The van der Waals surface area contributed by atoms with Crippen LogP contribution in [0, 0.1) is 11.8 Å². The number of carbonyl (C=O) groups excluding carboxylic acids is 2. The van der Waals surface area contributed by atoms with Gasteiger partial charge >= 0.3 is 12.1 Å². The molecule has 0 radical (unpaired) electrons. The normalized spacial score (nSPS) is 17.4. The molecule has 2 amide bonds. The zero-order valence-corrected chi connectivity index (χ0v) is 19.1. The molecule has 0 heterocycles. The maximum Gasteiger partial charge on any atom is 0.407 e. The first-order chi connectivity index (χ1) is 16.5. The molecule has 2 aromatic rings. The van der Waals surface area contributed by atoms with Crippen LogP contribution in [0.1, 0.15) is 49.1 Å². The number of amides is 2. The highest BCUT2D eigenvalue weighted by molar-refractivity contribution is 5.82. The van der Waals surface area contributed by atoms with Crippen LogP contribution >= 0.6 is 0 Å². The van der Waals surface area contributed by atoms with Gasteiger partial charge in [-0.2, -0.15) is 0 Å². The predicted molar refractivity (Wildman–Crippen MR) is 126 cm³/mol. The van der Waals surface area contributed by atoms with E-state index in [1.54, 1.807) is 0 Å². The molecule has 7 nitrogen and oxygen atoms in total. The van der Waals surface area contributed by atoms with E-state index >= 15 is 0 Å². The largest absolute Gasteiger partial charge is 0.480 e. The van der Waals surface area contributed by atoms with Crippen molar-refractivity contribution in [3.63, 3.8) is 0 Å². The number of carboxylic acids is 1. The predicted octanol–water partition coefficient (Wildman–Crippen LogP) is 4.02. The minimum absolute atomic E-state index is 0.0243. The summed E-state index contributed by atoms with van der Waals surface area (Å²) in [6.07, 6.45) is 3.54. The minimum atomic E-state index is -1.01. The van der Waals surface area contributed by atoms with Crippen LogP contribution in [0.2, 0.25) is 0 Å². The molecule has 34 heavy (non-hydrogen) atoms. The summed E-state index contributed by atoms with van der Waals surface area (Å²) in [5.41, 5.74) is 4.63. The molecule has 178 valence electrons. The Morgan fingerprint density at radius 2 is 1.59 bits per heavy atom. The van der Waals surface area contributed by atoms with E-state index in [9.17, 15) is 19.5 Å². The Bertz CT molecular complexity index is 1050. The number of fused-ring (bicyclic) bond motifs is 3. The van der Waals surface area contributed by atoms with Gasteiger partial charge in [-0.3, -0.25) is 9.59 Å². The number of benzene rings is 2. The summed E-state index contributed by atoms with van der Waals surface area (Å²) in [4.78, 5) is 38.3. The van der Waals surface area contributed by atoms with E-state index in [1.165, 1.54) is 16.0 Å². The number of aliphatic carboxylic acids is 1. The molecule has 7 heteroatoms. The molecule has 0 saturated heterocycles. The van der Waals surface area contributed by atoms with Crippen LogP contribution in [0.15, 0.2) is 48.5 Å². The Morgan fingerprint density at radius 3 is 2.15 bits per heavy atom. The lowest BCUT2D eigenvalue weighted by Crippen LogP contribution is -2.44. The molecule has 5 rings (SSSR count). The summed E-state index contributed by atoms with van der Waals surface area (Å²) >= 11 is 0. The lowest BCUT2D eigenvalue weighted by atomic mass is 9.98. The summed E-state index contributed by atoms with van der Waals surface area (Å²) in [6, 6.07) is 16.0. The number of hydrogen-bond donors (Lipinski definition) is 2. The van der Waals surface area contributed by atoms with E-state index in [0.717, 1.165) is 36.8 Å². The third-order valence-electron chi connectivity index (χ3n) is 7.09. The van der Waals surface area contributed by atoms with Gasteiger partial charge in [0, 0.05) is 24.9 Å². The van der Waals surface area contributed by atoms with E-state index < -0.39 is 12.1 Å². The van der Waals surface area contributed by atoms with Gasteiger partial charge in [-0.05, 0) is 59.8 Å². The highest BCUT2D eigenvalue weighted by Crippen LogP contribution is 2.44. The van der Waals surface area contributed by atoms with E-state index in [1.807, 2.05) is 24.3 Å². The van der Waals surface area contributed by atoms with E-state index in [0.29, 0.717) is 12.5 Å². The van der Waals surface area contributed by atoms with Crippen LogP contribution in [-0.4, -0.2) is 53.7 Å². The second kappa shape index (κ2) is 9.49. The zero-order chi connectivity index (χ0) is 23.7. The number of hydrogen-bond acceptors (Lipinski definition) is 4. The van der Waals surface area contributed by atoms with E-state index in [-0.39, 0.29) is 43.4 Å². The fraction of sp³-hybridized carbons (Fsp3) is 0.444. The van der Waals surface area contributed by atoms with Crippen molar-refractivity contribution in [2.45, 2.75) is 44.1 Å².